The Bertz CT molecular complexity index is 1340. The van der Waals surface area contributed by atoms with Crippen molar-refractivity contribution in [2.75, 3.05) is 0 Å². The minimum Gasteiger partial charge on any atom is -0.507 e. The Labute approximate surface area is 175 Å². The molecule has 27 heavy (non-hydrogen) atoms. The van der Waals surface area contributed by atoms with E-state index in [1.54, 1.807) is 0 Å². The van der Waals surface area contributed by atoms with Gasteiger partial charge in [0, 0.05) is 67.9 Å². The van der Waals surface area contributed by atoms with Gasteiger partial charge in [-0.3, -0.25) is 9.11 Å². The van der Waals surface area contributed by atoms with Crippen LogP contribution in [0.3, 0.4) is 0 Å². The zero-order valence-corrected chi connectivity index (χ0v) is 17.3. The van der Waals surface area contributed by atoms with Crippen molar-refractivity contribution in [2.45, 2.75) is 9.79 Å². The van der Waals surface area contributed by atoms with E-state index in [0.717, 1.165) is 6.07 Å². The summed E-state index contributed by atoms with van der Waals surface area (Å²) < 4.78 is 66.1. The molecule has 0 aliphatic carbocycles. The van der Waals surface area contributed by atoms with Crippen LogP contribution in [0.1, 0.15) is 0 Å². The van der Waals surface area contributed by atoms with E-state index >= 15 is 0 Å². The first-order chi connectivity index (χ1) is 12.0. The summed E-state index contributed by atoms with van der Waals surface area (Å²) in [6.07, 6.45) is 0. The van der Waals surface area contributed by atoms with Gasteiger partial charge in [0.2, 0.25) is 0 Å². The number of phenols is 2. The molecule has 0 spiro atoms. The maximum atomic E-state index is 11.8. The first kappa shape index (κ1) is 20.1. The third kappa shape index (κ3) is 2.93. The molecule has 8 nitrogen and oxygen atoms in total. The van der Waals surface area contributed by atoms with Crippen LogP contribution < -0.4 is 0 Å². The van der Waals surface area contributed by atoms with Gasteiger partial charge in [-0.1, -0.05) is 12.1 Å². The van der Waals surface area contributed by atoms with Gasteiger partial charge in [0.15, 0.2) is 0 Å². The summed E-state index contributed by atoms with van der Waals surface area (Å²) in [5.41, 5.74) is 0. The molecule has 0 amide bonds. The van der Waals surface area contributed by atoms with Crippen molar-refractivity contribution >= 4 is 82.1 Å². The predicted molar refractivity (Wildman–Crippen MR) is 98.9 cm³/mol. The predicted octanol–water partition coefficient (Wildman–Crippen LogP) is 2.11. The van der Waals surface area contributed by atoms with E-state index in [-0.39, 0.29) is 73.4 Å². The molecule has 0 fully saturated rings. The minimum absolute atomic E-state index is 0. The van der Waals surface area contributed by atoms with Gasteiger partial charge in [0.25, 0.3) is 20.2 Å². The van der Waals surface area contributed by atoms with Crippen LogP contribution in [0, 0.1) is 0 Å². The van der Waals surface area contributed by atoms with Gasteiger partial charge in [-0.15, -0.1) is 0 Å². The summed E-state index contributed by atoms with van der Waals surface area (Å²) in [5, 5.41) is 20.9. The van der Waals surface area contributed by atoms with Crippen molar-refractivity contribution in [3.63, 3.8) is 0 Å². The zero-order chi connectivity index (χ0) is 19.0. The Morgan fingerprint density at radius 2 is 0.926 bits per heavy atom. The molecular formula is C16H10NaO8S2. The minimum atomic E-state index is -4.83. The van der Waals surface area contributed by atoms with Gasteiger partial charge in [-0.2, -0.15) is 16.8 Å². The second-order valence-corrected chi connectivity index (χ2v) is 8.59. The summed E-state index contributed by atoms with van der Waals surface area (Å²) in [5.74, 6) is -0.592. The number of hydrogen-bond donors (Lipinski definition) is 4. The topological polar surface area (TPSA) is 149 Å². The Hall–Kier alpha value is -1.66. The van der Waals surface area contributed by atoms with Crippen LogP contribution in [0.15, 0.2) is 46.2 Å². The molecule has 0 unspecified atom stereocenters. The molecule has 4 N–H and O–H groups in total. The van der Waals surface area contributed by atoms with Crippen LogP contribution in [-0.2, 0) is 20.2 Å². The largest absolute Gasteiger partial charge is 0.507 e. The summed E-state index contributed by atoms with van der Waals surface area (Å²) in [6.45, 7) is 0. The molecule has 0 aromatic heterocycles. The van der Waals surface area contributed by atoms with E-state index in [1.807, 2.05) is 0 Å². The second kappa shape index (κ2) is 6.17. The molecule has 135 valence electrons. The van der Waals surface area contributed by atoms with Crippen LogP contribution >= 0.6 is 0 Å². The smallest absolute Gasteiger partial charge is 0.295 e. The van der Waals surface area contributed by atoms with Crippen molar-refractivity contribution in [2.24, 2.45) is 0 Å². The molecule has 4 rings (SSSR count). The average molecular weight is 417 g/mol. The van der Waals surface area contributed by atoms with Crippen LogP contribution in [-0.4, -0.2) is 65.7 Å². The molecule has 11 heteroatoms. The number of benzene rings is 4. The van der Waals surface area contributed by atoms with Gasteiger partial charge in [0.05, 0.1) is 0 Å². The first-order valence-electron chi connectivity index (χ1n) is 7.11. The van der Waals surface area contributed by atoms with Gasteiger partial charge in [0.1, 0.15) is 21.3 Å². The van der Waals surface area contributed by atoms with Gasteiger partial charge in [-0.25, -0.2) is 0 Å². The van der Waals surface area contributed by atoms with E-state index in [2.05, 4.69) is 0 Å². The van der Waals surface area contributed by atoms with Crippen LogP contribution in [0.5, 0.6) is 11.5 Å². The van der Waals surface area contributed by atoms with Crippen molar-refractivity contribution in [3.8, 4) is 11.5 Å². The van der Waals surface area contributed by atoms with E-state index in [0.29, 0.717) is 6.07 Å². The molecule has 0 bridgehead atoms. The van der Waals surface area contributed by atoms with E-state index in [4.69, 9.17) is 0 Å². The normalized spacial score (nSPS) is 12.7. The quantitative estimate of drug-likeness (QED) is 0.220. The van der Waals surface area contributed by atoms with Crippen LogP contribution in [0.4, 0.5) is 0 Å². The second-order valence-electron chi connectivity index (χ2n) is 5.81. The summed E-state index contributed by atoms with van der Waals surface area (Å²) in [4.78, 5) is -1.43. The molecule has 0 heterocycles. The fourth-order valence-electron chi connectivity index (χ4n) is 3.32. The fraction of sp³-hybridized carbons (Fsp3) is 0. The Morgan fingerprint density at radius 3 is 1.30 bits per heavy atom. The molecule has 0 aliphatic rings. The Morgan fingerprint density at radius 1 is 0.593 bits per heavy atom. The zero-order valence-electron chi connectivity index (χ0n) is 13.7. The number of rotatable bonds is 2. The molecule has 0 aliphatic heterocycles. The molecule has 1 radical (unpaired) electrons. The third-order valence-corrected chi connectivity index (χ3v) is 6.12. The summed E-state index contributed by atoms with van der Waals surface area (Å²) >= 11 is 0. The fourth-order valence-corrected chi connectivity index (χ4v) is 4.82. The molecule has 0 atom stereocenters. The van der Waals surface area contributed by atoms with Gasteiger partial charge in [-0.05, 0) is 18.2 Å². The average Bonchev–Trinajstić information content (AvgIpc) is 2.52. The molecule has 4 aromatic rings. The van der Waals surface area contributed by atoms with Crippen LogP contribution in [0.2, 0.25) is 0 Å². The maximum Gasteiger partial charge on any atom is 0.295 e. The van der Waals surface area contributed by atoms with E-state index in [1.165, 1.54) is 24.3 Å². The molecule has 0 saturated carbocycles. The van der Waals surface area contributed by atoms with Crippen molar-refractivity contribution in [1.82, 2.24) is 0 Å². The first-order valence-corrected chi connectivity index (χ1v) is 9.99. The summed E-state index contributed by atoms with van der Waals surface area (Å²) in [7, 11) is -9.66. The standard InChI is InChI=1S/C16H10O8S2.Na/c17-11-5-12(18)8-2-4-10-14(26(22,23)24)6-13(25(19,20)21)9-3-1-7(11)15(8)16(9)10;/h1-6,17-18H,(H,19,20,21)(H,22,23,24);. The van der Waals surface area contributed by atoms with E-state index in [9.17, 15) is 36.2 Å². The van der Waals surface area contributed by atoms with Gasteiger partial charge >= 0.3 is 0 Å². The number of hydrogen-bond acceptors (Lipinski definition) is 6. The van der Waals surface area contributed by atoms with Crippen molar-refractivity contribution in [3.05, 3.63) is 36.4 Å². The number of aromatic hydroxyl groups is 2. The van der Waals surface area contributed by atoms with Crippen molar-refractivity contribution < 1.29 is 36.2 Å². The Kier molecular flexibility index (Phi) is 4.59. The van der Waals surface area contributed by atoms with Crippen LogP contribution in [0.25, 0.3) is 32.3 Å². The Balaban J connectivity index is 0.00000210. The monoisotopic (exact) mass is 417 g/mol. The van der Waals surface area contributed by atoms with Gasteiger partial charge < -0.3 is 10.2 Å². The molecule has 0 saturated heterocycles. The third-order valence-electron chi connectivity index (χ3n) is 4.33. The molecular weight excluding hydrogens is 407 g/mol. The SMILES string of the molecule is O=S(=O)(O)c1cc(S(=O)(=O)O)c2ccc3c(O)cc(O)c4ccc1c2c43.[Na]. The maximum absolute atomic E-state index is 11.8. The molecule has 4 aromatic carbocycles. The van der Waals surface area contributed by atoms with Crippen molar-refractivity contribution in [1.29, 1.82) is 0 Å². The number of phenolic OH excluding ortho intramolecular Hbond substituents is 2. The summed E-state index contributed by atoms with van der Waals surface area (Å²) in [6, 6.07) is 7.16. The van der Waals surface area contributed by atoms with E-state index < -0.39 is 30.0 Å².